The Morgan fingerprint density at radius 3 is 1.40 bits per heavy atom. The standard InChI is InChI=1S/C59H35N5O/c1-2-16-43(17-3-1)63-51-20-10-8-18-45(51)48-34-49-46-19-9-11-21-52(46)64(54(49)35-53(48)63)44-27-29-55-50(33-44)47-28-26-42(32-56(47)65-55)59-61-57(40-24-22-36-12-4-6-14-38(36)30-40)60-58(62-59)41-25-23-37-13-5-7-15-39(37)31-41/h1-35H. The van der Waals surface area contributed by atoms with Crippen molar-refractivity contribution in [2.24, 2.45) is 0 Å². The smallest absolute Gasteiger partial charge is 0.164 e. The summed E-state index contributed by atoms with van der Waals surface area (Å²) >= 11 is 0. The van der Waals surface area contributed by atoms with Gasteiger partial charge in [-0.05, 0) is 100 Å². The van der Waals surface area contributed by atoms with Gasteiger partial charge >= 0.3 is 0 Å². The van der Waals surface area contributed by atoms with Crippen molar-refractivity contribution >= 4 is 87.1 Å². The molecule has 0 aliphatic rings. The summed E-state index contributed by atoms with van der Waals surface area (Å²) in [7, 11) is 0. The summed E-state index contributed by atoms with van der Waals surface area (Å²) in [6.45, 7) is 0. The quantitative estimate of drug-likeness (QED) is 0.173. The first-order valence-electron chi connectivity index (χ1n) is 21.9. The second kappa shape index (κ2) is 13.8. The summed E-state index contributed by atoms with van der Waals surface area (Å²) < 4.78 is 11.4. The van der Waals surface area contributed by atoms with Gasteiger partial charge in [-0.3, -0.25) is 0 Å². The summed E-state index contributed by atoms with van der Waals surface area (Å²) in [5, 5.41) is 11.6. The Morgan fingerprint density at radius 2 is 0.785 bits per heavy atom. The molecule has 4 aromatic heterocycles. The van der Waals surface area contributed by atoms with Gasteiger partial charge in [0, 0.05) is 60.4 Å². The first kappa shape index (κ1) is 35.7. The molecule has 0 spiro atoms. The first-order valence-corrected chi connectivity index (χ1v) is 21.9. The van der Waals surface area contributed by atoms with Crippen molar-refractivity contribution in [1.82, 2.24) is 24.1 Å². The van der Waals surface area contributed by atoms with Crippen molar-refractivity contribution in [3.8, 4) is 45.5 Å². The second-order valence-corrected chi connectivity index (χ2v) is 16.9. The predicted molar refractivity (Wildman–Crippen MR) is 267 cm³/mol. The molecule has 0 amide bonds. The molecule has 0 aliphatic heterocycles. The molecule has 14 rings (SSSR count). The Labute approximate surface area is 371 Å². The van der Waals surface area contributed by atoms with Crippen molar-refractivity contribution in [2.75, 3.05) is 0 Å². The zero-order chi connectivity index (χ0) is 42.6. The molecule has 0 bridgehead atoms. The minimum absolute atomic E-state index is 0.582. The van der Waals surface area contributed by atoms with Crippen molar-refractivity contribution in [1.29, 1.82) is 0 Å². The van der Waals surface area contributed by atoms with Crippen molar-refractivity contribution in [3.05, 3.63) is 212 Å². The second-order valence-electron chi connectivity index (χ2n) is 16.9. The number of nitrogens with zero attached hydrogens (tertiary/aromatic N) is 5. The lowest BCUT2D eigenvalue weighted by Gasteiger charge is -2.10. The highest BCUT2D eigenvalue weighted by Gasteiger charge is 2.20. The van der Waals surface area contributed by atoms with Gasteiger partial charge in [0.1, 0.15) is 11.2 Å². The van der Waals surface area contributed by atoms with Gasteiger partial charge in [-0.15, -0.1) is 0 Å². The van der Waals surface area contributed by atoms with E-state index in [1.54, 1.807) is 0 Å². The molecule has 0 fully saturated rings. The molecular weight excluding hydrogens is 795 g/mol. The summed E-state index contributed by atoms with van der Waals surface area (Å²) in [6, 6.07) is 75.2. The maximum Gasteiger partial charge on any atom is 0.164 e. The molecule has 0 saturated carbocycles. The van der Waals surface area contributed by atoms with Gasteiger partial charge in [0.2, 0.25) is 0 Å². The zero-order valence-corrected chi connectivity index (χ0v) is 34.9. The van der Waals surface area contributed by atoms with Gasteiger partial charge < -0.3 is 13.6 Å². The molecule has 65 heavy (non-hydrogen) atoms. The van der Waals surface area contributed by atoms with Gasteiger partial charge in [-0.1, -0.05) is 133 Å². The number of furan rings is 1. The number of hydrogen-bond donors (Lipinski definition) is 0. The molecule has 302 valence electrons. The van der Waals surface area contributed by atoms with E-state index in [2.05, 4.69) is 221 Å². The van der Waals surface area contributed by atoms with Crippen LogP contribution in [0.1, 0.15) is 0 Å². The fourth-order valence-electron chi connectivity index (χ4n) is 10.0. The topological polar surface area (TPSA) is 61.7 Å². The van der Waals surface area contributed by atoms with Crippen LogP contribution in [0.3, 0.4) is 0 Å². The highest BCUT2D eigenvalue weighted by Crippen LogP contribution is 2.41. The molecule has 0 unspecified atom stereocenters. The molecular formula is C59H35N5O. The highest BCUT2D eigenvalue weighted by molar-refractivity contribution is 6.19. The molecule has 4 heterocycles. The van der Waals surface area contributed by atoms with E-state index in [0.717, 1.165) is 71.8 Å². The van der Waals surface area contributed by atoms with E-state index in [4.69, 9.17) is 19.4 Å². The zero-order valence-electron chi connectivity index (χ0n) is 34.9. The maximum absolute atomic E-state index is 6.66. The molecule has 10 aromatic carbocycles. The summed E-state index contributed by atoms with van der Waals surface area (Å²) in [5.74, 6) is 1.82. The van der Waals surface area contributed by atoms with Crippen LogP contribution in [0.15, 0.2) is 217 Å². The Kier molecular flexibility index (Phi) is 7.59. The Morgan fingerprint density at radius 1 is 0.277 bits per heavy atom. The average Bonchev–Trinajstić information content (AvgIpc) is 4.02. The Bertz CT molecular complexity index is 4160. The minimum Gasteiger partial charge on any atom is -0.456 e. The van der Waals surface area contributed by atoms with E-state index in [1.807, 2.05) is 0 Å². The van der Waals surface area contributed by atoms with E-state index in [9.17, 15) is 0 Å². The molecule has 0 N–H and O–H groups in total. The molecule has 0 aliphatic carbocycles. The third kappa shape index (κ3) is 5.57. The van der Waals surface area contributed by atoms with Crippen molar-refractivity contribution in [2.45, 2.75) is 0 Å². The van der Waals surface area contributed by atoms with E-state index < -0.39 is 0 Å². The molecule has 0 radical (unpaired) electrons. The van der Waals surface area contributed by atoms with E-state index >= 15 is 0 Å². The third-order valence-electron chi connectivity index (χ3n) is 13.1. The molecule has 0 saturated heterocycles. The molecule has 14 aromatic rings. The monoisotopic (exact) mass is 829 g/mol. The number of fused-ring (bicyclic) bond motifs is 11. The Balaban J connectivity index is 0.932. The number of benzene rings is 10. The Hall–Kier alpha value is -8.87. The van der Waals surface area contributed by atoms with Crippen LogP contribution in [-0.2, 0) is 0 Å². The number of aromatic nitrogens is 5. The SMILES string of the molecule is c1ccc(-n2c3ccccc3c3cc4c5ccccc5n(-c5ccc6oc7cc(-c8nc(-c9ccc%10ccccc%10c9)nc(-c9ccc%10ccccc%10c9)n8)ccc7c6c5)c4cc32)cc1. The fraction of sp³-hybridized carbons (Fsp3) is 0. The third-order valence-corrected chi connectivity index (χ3v) is 13.1. The van der Waals surface area contributed by atoms with Crippen LogP contribution in [0.4, 0.5) is 0 Å². The largest absolute Gasteiger partial charge is 0.456 e. The fourth-order valence-corrected chi connectivity index (χ4v) is 10.0. The average molecular weight is 830 g/mol. The van der Waals surface area contributed by atoms with E-state index in [0.29, 0.717) is 17.5 Å². The van der Waals surface area contributed by atoms with Crippen LogP contribution in [0.5, 0.6) is 0 Å². The molecule has 6 nitrogen and oxygen atoms in total. The van der Waals surface area contributed by atoms with Gasteiger partial charge in [0.25, 0.3) is 0 Å². The van der Waals surface area contributed by atoms with Crippen molar-refractivity contribution in [3.63, 3.8) is 0 Å². The summed E-state index contributed by atoms with van der Waals surface area (Å²) in [4.78, 5) is 15.3. The van der Waals surface area contributed by atoms with Gasteiger partial charge in [0.05, 0.1) is 22.1 Å². The van der Waals surface area contributed by atoms with Crippen LogP contribution in [0.25, 0.3) is 133 Å². The van der Waals surface area contributed by atoms with Crippen LogP contribution in [0, 0.1) is 0 Å². The van der Waals surface area contributed by atoms with Gasteiger partial charge in [-0.25, -0.2) is 15.0 Å². The van der Waals surface area contributed by atoms with Crippen molar-refractivity contribution < 1.29 is 4.42 Å². The maximum atomic E-state index is 6.66. The van der Waals surface area contributed by atoms with Gasteiger partial charge in [0.15, 0.2) is 17.5 Å². The number of hydrogen-bond acceptors (Lipinski definition) is 4. The van der Waals surface area contributed by atoms with Crippen LogP contribution in [0.2, 0.25) is 0 Å². The molecule has 6 heteroatoms. The lowest BCUT2D eigenvalue weighted by atomic mass is 10.1. The highest BCUT2D eigenvalue weighted by atomic mass is 16.3. The normalized spacial score (nSPS) is 12.0. The lowest BCUT2D eigenvalue weighted by molar-refractivity contribution is 0.669. The minimum atomic E-state index is 0.582. The summed E-state index contributed by atoms with van der Waals surface area (Å²) in [6.07, 6.45) is 0. The molecule has 0 atom stereocenters. The van der Waals surface area contributed by atoms with Crippen LogP contribution < -0.4 is 0 Å². The summed E-state index contributed by atoms with van der Waals surface area (Å²) in [5.41, 5.74) is 11.2. The lowest BCUT2D eigenvalue weighted by Crippen LogP contribution is -2.00. The van der Waals surface area contributed by atoms with Crippen LogP contribution >= 0.6 is 0 Å². The van der Waals surface area contributed by atoms with Crippen LogP contribution in [-0.4, -0.2) is 24.1 Å². The number of rotatable bonds is 5. The van der Waals surface area contributed by atoms with E-state index in [-0.39, 0.29) is 0 Å². The van der Waals surface area contributed by atoms with E-state index in [1.165, 1.54) is 43.4 Å². The number of para-hydroxylation sites is 3. The first-order chi connectivity index (χ1) is 32.2. The predicted octanol–water partition coefficient (Wildman–Crippen LogP) is 15.3. The van der Waals surface area contributed by atoms with Gasteiger partial charge in [-0.2, -0.15) is 0 Å².